The summed E-state index contributed by atoms with van der Waals surface area (Å²) in [4.78, 5) is 113. The number of hydrogen-bond acceptors (Lipinski definition) is 28. The molecule has 38 nitrogen and oxygen atoms in total. The Bertz CT molecular complexity index is 6580. The van der Waals surface area contributed by atoms with Gasteiger partial charge in [-0.2, -0.15) is 30.6 Å². The summed E-state index contributed by atoms with van der Waals surface area (Å²) < 4.78 is 12.1. The molecule has 0 spiro atoms. The van der Waals surface area contributed by atoms with Crippen molar-refractivity contribution in [1.82, 2.24) is 124 Å². The van der Waals surface area contributed by atoms with Crippen LogP contribution < -0.4 is 40.9 Å². The second-order valence-electron chi connectivity index (χ2n) is 33.2. The van der Waals surface area contributed by atoms with Crippen molar-refractivity contribution in [3.8, 4) is 90.7 Å². The van der Waals surface area contributed by atoms with Gasteiger partial charge in [-0.3, -0.25) is 78.0 Å². The Labute approximate surface area is 827 Å². The van der Waals surface area contributed by atoms with E-state index in [2.05, 4.69) is 186 Å². The number of nitrogens with one attached hydrogen (secondary N) is 6. The zero-order valence-electron chi connectivity index (χ0n) is 78.0. The molecule has 0 saturated carbocycles. The average Bonchev–Trinajstić information content (AvgIpc) is 1.69. The number of rotatable bonds is 20. The van der Waals surface area contributed by atoms with Gasteiger partial charge in [0.25, 0.3) is 23.6 Å². The number of piperazine rings is 3. The van der Waals surface area contributed by atoms with Crippen molar-refractivity contribution in [3.05, 3.63) is 266 Å². The van der Waals surface area contributed by atoms with Gasteiger partial charge in [0.15, 0.2) is 0 Å². The molecule has 0 aromatic carbocycles. The van der Waals surface area contributed by atoms with E-state index in [1.165, 1.54) is 0 Å². The molecule has 4 aliphatic heterocycles. The number of ether oxygens (including phenoxy) is 1. The molecule has 139 heavy (non-hydrogen) atoms. The molecular formula is C97H107Cl4N33O5. The van der Waals surface area contributed by atoms with Gasteiger partial charge < -0.3 is 60.3 Å². The summed E-state index contributed by atoms with van der Waals surface area (Å²) in [5.41, 5.74) is 21.1. The maximum atomic E-state index is 13.1. The maximum Gasteiger partial charge on any atom is 0.274 e. The van der Waals surface area contributed by atoms with Gasteiger partial charge in [0.1, 0.15) is 45.6 Å². The van der Waals surface area contributed by atoms with Crippen molar-refractivity contribution < 1.29 is 23.9 Å². The molecule has 0 aliphatic carbocycles. The first-order chi connectivity index (χ1) is 65.6. The molecule has 16 aromatic rings. The van der Waals surface area contributed by atoms with Crippen LogP contribution in [0.4, 0.5) is 45.5 Å². The van der Waals surface area contributed by atoms with E-state index < -0.39 is 0 Å². The third kappa shape index (κ3) is 25.6. The fourth-order valence-electron chi connectivity index (χ4n) is 15.7. The Kier molecular flexibility index (Phi) is 34.3. The lowest BCUT2D eigenvalue weighted by Gasteiger charge is -2.33. The van der Waals surface area contributed by atoms with Crippen LogP contribution in [-0.2, 0) is 32.9 Å². The van der Waals surface area contributed by atoms with Gasteiger partial charge in [0, 0.05) is 198 Å². The predicted molar refractivity (Wildman–Crippen MR) is 547 cm³/mol. The molecule has 0 atom stereocenters. The number of morpholine rings is 1. The van der Waals surface area contributed by atoms with Gasteiger partial charge in [-0.1, -0.05) is 24.3 Å². The number of aromatic amines is 2. The SMILES string of the molecule is CN1CCN(c2ccc(-c3nn(C)cc3NC(=O)c3cccc(-c4ccn[nH]4)n3)nc2)CC1.CN1CCN(c2ccc(-c3nn(C)cc3NC(=O)c3cccc(-c4cn[nH]c4)n3)nc2)CC1.Cc1cncc(-c2cccc(C(=O)Nc3cn(C)nc3-c3ccc(N4CCN(C)CC4)cn3)n2)c1.Cc1cncc(-c2cccc(C(=O)Nc3cn(C)nc3-c3ccc(N4CCOCC4)cn3)n2)c1.Cl.Cl.Cl.Cl. The first-order valence-electron chi connectivity index (χ1n) is 44.3. The highest BCUT2D eigenvalue weighted by Gasteiger charge is 2.26. The van der Waals surface area contributed by atoms with E-state index in [-0.39, 0.29) is 73.3 Å². The first kappa shape index (κ1) is 101. The van der Waals surface area contributed by atoms with Crippen molar-refractivity contribution in [2.45, 2.75) is 13.8 Å². The first-order valence-corrected chi connectivity index (χ1v) is 44.3. The molecule has 16 aromatic heterocycles. The van der Waals surface area contributed by atoms with Crippen molar-refractivity contribution in [2.24, 2.45) is 28.2 Å². The van der Waals surface area contributed by atoms with E-state index in [1.54, 1.807) is 129 Å². The smallest absolute Gasteiger partial charge is 0.274 e. The topological polar surface area (TPSA) is 406 Å². The number of pyridine rings is 10. The minimum atomic E-state index is -0.320. The van der Waals surface area contributed by atoms with Crippen LogP contribution in [0.5, 0.6) is 0 Å². The Hall–Kier alpha value is -15.2. The van der Waals surface area contributed by atoms with E-state index in [9.17, 15) is 19.2 Å². The largest absolute Gasteiger partial charge is 0.378 e. The Morgan fingerprint density at radius 1 is 0.324 bits per heavy atom. The summed E-state index contributed by atoms with van der Waals surface area (Å²) in [5, 5.41) is 43.4. The molecule has 718 valence electrons. The molecule has 4 amide bonds. The van der Waals surface area contributed by atoms with Crippen molar-refractivity contribution in [1.29, 1.82) is 0 Å². The summed E-state index contributed by atoms with van der Waals surface area (Å²) in [7, 11) is 13.7. The summed E-state index contributed by atoms with van der Waals surface area (Å²) in [5.74, 6) is -1.26. The number of aryl methyl sites for hydroxylation is 6. The second kappa shape index (κ2) is 47.1. The van der Waals surface area contributed by atoms with Crippen LogP contribution in [0.3, 0.4) is 0 Å². The lowest BCUT2D eigenvalue weighted by atomic mass is 10.1. The van der Waals surface area contributed by atoms with Crippen LogP contribution in [0, 0.1) is 13.8 Å². The number of aromatic nitrogens is 22. The molecule has 20 rings (SSSR count). The van der Waals surface area contributed by atoms with Gasteiger partial charge >= 0.3 is 0 Å². The summed E-state index contributed by atoms with van der Waals surface area (Å²) in [6.07, 6.45) is 26.6. The summed E-state index contributed by atoms with van der Waals surface area (Å²) in [6, 6.07) is 43.1. The number of carbonyl (C=O) groups excluding carboxylic acids is 4. The molecule has 4 saturated heterocycles. The second-order valence-corrected chi connectivity index (χ2v) is 33.2. The molecule has 0 radical (unpaired) electrons. The van der Waals surface area contributed by atoms with Crippen LogP contribution >= 0.6 is 49.6 Å². The molecule has 4 fully saturated rings. The normalized spacial score (nSPS) is 13.8. The van der Waals surface area contributed by atoms with Gasteiger partial charge in [-0.05, 0) is 161 Å². The summed E-state index contributed by atoms with van der Waals surface area (Å²) >= 11 is 0. The van der Waals surface area contributed by atoms with Crippen LogP contribution in [0.15, 0.2) is 232 Å². The quantitative estimate of drug-likeness (QED) is 0.0413. The van der Waals surface area contributed by atoms with Crippen molar-refractivity contribution >= 4 is 119 Å². The number of hydrogen-bond donors (Lipinski definition) is 6. The molecule has 0 unspecified atom stereocenters. The minimum absolute atomic E-state index is 0. The number of halogens is 4. The Morgan fingerprint density at radius 2 is 0.633 bits per heavy atom. The highest BCUT2D eigenvalue weighted by atomic mass is 35.5. The monoisotopic (exact) mass is 1950 g/mol. The Morgan fingerprint density at radius 3 is 0.921 bits per heavy atom. The zero-order valence-corrected chi connectivity index (χ0v) is 81.3. The van der Waals surface area contributed by atoms with Gasteiger partial charge in [-0.25, -0.2) is 19.9 Å². The van der Waals surface area contributed by atoms with Crippen LogP contribution in [-0.4, -0.2) is 274 Å². The summed E-state index contributed by atoms with van der Waals surface area (Å²) in [6.45, 7) is 19.2. The lowest BCUT2D eigenvalue weighted by molar-refractivity contribution is 0.101. The highest BCUT2D eigenvalue weighted by Crippen LogP contribution is 2.34. The highest BCUT2D eigenvalue weighted by molar-refractivity contribution is 6.07. The number of H-pyrrole nitrogens is 2. The number of amides is 4. The minimum Gasteiger partial charge on any atom is -0.378 e. The molecule has 42 heteroatoms. The van der Waals surface area contributed by atoms with Crippen molar-refractivity contribution in [3.63, 3.8) is 0 Å². The lowest BCUT2D eigenvalue weighted by Crippen LogP contribution is -2.44. The van der Waals surface area contributed by atoms with E-state index in [0.29, 0.717) is 127 Å². The number of carbonyl (C=O) groups is 4. The number of nitrogens with zero attached hydrogens (tertiary/aromatic N) is 27. The Balaban J connectivity index is 0.000000155. The third-order valence-electron chi connectivity index (χ3n) is 23.1. The van der Waals surface area contributed by atoms with Crippen LogP contribution in [0.2, 0.25) is 0 Å². The standard InChI is InChI=1S/C26H28N8O.C25H25N7O2.2C23H25N9O.4ClH/c1-18-13-19(15-27-14-18)21-5-4-6-23(29-21)26(35)30-24-17-33(3)31-25(24)22-8-7-20(16-28-22)34-11-9-32(2)10-12-34;1-17-12-18(14-26-13-17)20-4-3-5-22(28-20)25(33)29-23-16-31(2)30-24(23)21-7-6-19(15-27-21)32-8-10-34-11-9-32;1-30-8-10-32(11-9-30)17-6-7-19(24-14-17)22-21(15-31(2)29-22)28-23(33)20-5-3-4-18(27-20)16-12-25-26-13-16;1-30-10-12-32(13-11-30)16-6-7-19(24-14-16)22-21(15-31(2)29-22)27-23(33)20-5-3-4-17(26-20)18-8-9-25-28-18;;;;/h4-8,13-17H,9-12H2,1-3H3,(H,30,35);3-7,12-16H,8-11H2,1-2H3,(H,29,33);3-7,12-15H,8-11H2,1-2H3,(H,25,26)(H,28,33);3-9,14-15H,10-13H2,1-2H3,(H,25,28)(H,27,33);4*1H. The van der Waals surface area contributed by atoms with E-state index in [1.807, 2.05) is 146 Å². The van der Waals surface area contributed by atoms with Gasteiger partial charge in [0.05, 0.1) is 141 Å². The van der Waals surface area contributed by atoms with Gasteiger partial charge in [-0.15, -0.1) is 49.6 Å². The predicted octanol–water partition coefficient (Wildman–Crippen LogP) is 12.8. The van der Waals surface area contributed by atoms with E-state index >= 15 is 0 Å². The fourth-order valence-corrected chi connectivity index (χ4v) is 15.7. The van der Waals surface area contributed by atoms with Crippen molar-refractivity contribution in [2.75, 3.05) is 167 Å². The fraction of sp³-hybridized carbons (Fsp3) is 0.258. The number of anilines is 8. The van der Waals surface area contributed by atoms with E-state index in [4.69, 9.17) is 4.74 Å². The third-order valence-corrected chi connectivity index (χ3v) is 23.1. The molecule has 20 heterocycles. The molecule has 6 N–H and O–H groups in total. The average molecular weight is 1960 g/mol. The van der Waals surface area contributed by atoms with Crippen LogP contribution in [0.25, 0.3) is 90.7 Å². The molecule has 4 aliphatic rings. The number of likely N-dealkylation sites (N-methyl/N-ethyl adjacent to an activating group) is 3. The van der Waals surface area contributed by atoms with E-state index in [0.717, 1.165) is 148 Å². The molecular weight excluding hydrogens is 1850 g/mol. The maximum absolute atomic E-state index is 13.1. The zero-order chi connectivity index (χ0) is 93.4. The van der Waals surface area contributed by atoms with Crippen LogP contribution in [0.1, 0.15) is 53.1 Å². The molecule has 0 bridgehead atoms. The van der Waals surface area contributed by atoms with Gasteiger partial charge in [0.2, 0.25) is 0 Å².